The Hall–Kier alpha value is -4.14. The number of unbranched alkanes of at least 4 members (excludes halogenated alkanes) is 1. The van der Waals surface area contributed by atoms with E-state index in [9.17, 15) is 19.2 Å². The number of fused-ring (bicyclic) bond motifs is 4. The molecular weight excluding hydrogens is 1100 g/mol. The standard InChI is InChI=1S/C54H64Cl6N8O8/c1-65-29-43(39-21-35(55)23-49(59)45(39)31-65)41-25-37-33(19-47(41)57)27-67(51(37)69)9-13-75-17-15-73-11-7-63-53(71)61-5-3-4-6-62-54(72)64-8-12-74-16-18-76-14-10-68-28-34-20-48(58)42(26-38(34)52(68)70)44-30-66(2)32-46-40(44)22-36(56)24-50(46)60/h19-26,43-44H,3-18,27-32H2,1-2H3,(H2,61,63,71)(H2,62,64,72). The number of urea groups is 2. The van der Waals surface area contributed by atoms with E-state index in [2.05, 4.69) is 31.1 Å². The van der Waals surface area contributed by atoms with Gasteiger partial charge in [0.1, 0.15) is 0 Å². The van der Waals surface area contributed by atoms with Gasteiger partial charge in [-0.3, -0.25) is 9.59 Å². The van der Waals surface area contributed by atoms with Crippen molar-refractivity contribution < 1.29 is 38.1 Å². The average molecular weight is 1170 g/mol. The molecule has 8 rings (SSSR count). The van der Waals surface area contributed by atoms with Crippen LogP contribution in [0.5, 0.6) is 0 Å². The third-order valence-corrected chi connectivity index (χ3v) is 15.7. The molecule has 6 amide bonds. The number of benzene rings is 4. The third kappa shape index (κ3) is 14.9. The van der Waals surface area contributed by atoms with Gasteiger partial charge in [0.2, 0.25) is 0 Å². The summed E-state index contributed by atoms with van der Waals surface area (Å²) >= 11 is 39.7. The topological polar surface area (TPSA) is 166 Å². The van der Waals surface area contributed by atoms with Gasteiger partial charge in [-0.1, -0.05) is 69.6 Å². The first kappa shape index (κ1) is 58.0. The SMILES string of the molecule is CN1Cc2c(Cl)cc(Cl)cc2C(c2cc3c(cc2Cl)CN(CCOCCOCCNC(=O)NCCCCNC(=O)NCCOCCOCCN2Cc4cc(Cl)c(C5CN(C)Cc6c(Cl)cc(Cl)cc65)cc4C2=O)C3=O)C1. The fourth-order valence-corrected chi connectivity index (χ4v) is 12.0. The van der Waals surface area contributed by atoms with Crippen molar-refractivity contribution in [3.05, 3.63) is 134 Å². The van der Waals surface area contributed by atoms with E-state index in [1.165, 1.54) is 0 Å². The molecule has 22 heteroatoms. The minimum Gasteiger partial charge on any atom is -0.377 e. The van der Waals surface area contributed by atoms with Crippen LogP contribution in [0.25, 0.3) is 0 Å². The molecule has 4 aliphatic heterocycles. The van der Waals surface area contributed by atoms with Crippen LogP contribution in [0.15, 0.2) is 48.5 Å². The van der Waals surface area contributed by atoms with Crippen molar-refractivity contribution in [2.75, 3.05) is 119 Å². The Morgan fingerprint density at radius 2 is 0.855 bits per heavy atom. The van der Waals surface area contributed by atoms with Gasteiger partial charge in [-0.25, -0.2) is 9.59 Å². The normalized spacial score (nSPS) is 17.2. The molecular formula is C54H64Cl6N8O8. The van der Waals surface area contributed by atoms with Crippen LogP contribution in [0.2, 0.25) is 30.1 Å². The number of hydrogen-bond acceptors (Lipinski definition) is 10. The molecule has 2 unspecified atom stereocenters. The number of carbonyl (C=O) groups excluding carboxylic acids is 4. The van der Waals surface area contributed by atoms with Crippen molar-refractivity contribution in [1.82, 2.24) is 40.9 Å². The first-order chi connectivity index (χ1) is 36.6. The predicted molar refractivity (Wildman–Crippen MR) is 297 cm³/mol. The molecule has 4 aliphatic rings. The zero-order valence-electron chi connectivity index (χ0n) is 42.7. The first-order valence-electron chi connectivity index (χ1n) is 25.5. The molecule has 0 saturated carbocycles. The summed E-state index contributed by atoms with van der Waals surface area (Å²) in [5.74, 6) is -0.271. The molecule has 4 aromatic rings. The lowest BCUT2D eigenvalue weighted by molar-refractivity contribution is 0.0377. The number of rotatable bonds is 25. The van der Waals surface area contributed by atoms with Crippen LogP contribution in [-0.4, -0.2) is 163 Å². The first-order valence-corrected chi connectivity index (χ1v) is 27.8. The highest BCUT2D eigenvalue weighted by Gasteiger charge is 2.35. The van der Waals surface area contributed by atoms with Crippen LogP contribution in [0, 0.1) is 0 Å². The predicted octanol–water partition coefficient (Wildman–Crippen LogP) is 8.82. The number of carbonyl (C=O) groups is 4. The summed E-state index contributed by atoms with van der Waals surface area (Å²) in [5, 5.41) is 14.7. The third-order valence-electron chi connectivity index (χ3n) is 13.9. The molecule has 16 nitrogen and oxygen atoms in total. The molecule has 0 spiro atoms. The van der Waals surface area contributed by atoms with E-state index in [4.69, 9.17) is 88.6 Å². The Morgan fingerprint density at radius 1 is 0.474 bits per heavy atom. The number of halogens is 6. The molecule has 0 aromatic heterocycles. The minimum absolute atomic E-state index is 0.0566. The van der Waals surface area contributed by atoms with Crippen molar-refractivity contribution in [2.24, 2.45) is 0 Å². The monoisotopic (exact) mass is 1160 g/mol. The lowest BCUT2D eigenvalue weighted by atomic mass is 9.83. The van der Waals surface area contributed by atoms with Crippen LogP contribution < -0.4 is 21.3 Å². The number of amides is 6. The van der Waals surface area contributed by atoms with Crippen molar-refractivity contribution in [3.8, 4) is 0 Å². The van der Waals surface area contributed by atoms with Gasteiger partial charge in [-0.15, -0.1) is 0 Å². The van der Waals surface area contributed by atoms with E-state index >= 15 is 0 Å². The number of hydrogen-bond donors (Lipinski definition) is 4. The zero-order chi connectivity index (χ0) is 53.9. The van der Waals surface area contributed by atoms with Gasteiger partial charge in [0.25, 0.3) is 11.8 Å². The number of ether oxygens (including phenoxy) is 4. The second-order valence-corrected chi connectivity index (χ2v) is 21.9. The maximum atomic E-state index is 13.4. The van der Waals surface area contributed by atoms with Gasteiger partial charge in [0, 0.05) is 132 Å². The molecule has 0 fully saturated rings. The van der Waals surface area contributed by atoms with Crippen molar-refractivity contribution in [3.63, 3.8) is 0 Å². The van der Waals surface area contributed by atoms with Gasteiger partial charge in [0.05, 0.1) is 52.9 Å². The van der Waals surface area contributed by atoms with Crippen LogP contribution in [-0.2, 0) is 45.1 Å². The van der Waals surface area contributed by atoms with Gasteiger partial charge >= 0.3 is 12.1 Å². The highest BCUT2D eigenvalue weighted by Crippen LogP contribution is 2.44. The molecule has 4 N–H and O–H groups in total. The van der Waals surface area contributed by atoms with Crippen molar-refractivity contribution >= 4 is 93.5 Å². The second-order valence-electron chi connectivity index (χ2n) is 19.4. The Labute approximate surface area is 474 Å². The summed E-state index contributed by atoms with van der Waals surface area (Å²) in [6, 6.07) is 14.5. The van der Waals surface area contributed by atoms with Crippen molar-refractivity contribution in [1.29, 1.82) is 0 Å². The molecule has 0 bridgehead atoms. The fourth-order valence-electron chi connectivity index (χ4n) is 10.2. The lowest BCUT2D eigenvalue weighted by Crippen LogP contribution is -2.39. The summed E-state index contributed by atoms with van der Waals surface area (Å²) < 4.78 is 22.7. The smallest absolute Gasteiger partial charge is 0.314 e. The zero-order valence-corrected chi connectivity index (χ0v) is 47.2. The van der Waals surface area contributed by atoms with E-state index in [0.717, 1.165) is 57.6 Å². The summed E-state index contributed by atoms with van der Waals surface area (Å²) in [7, 11) is 4.07. The summed E-state index contributed by atoms with van der Waals surface area (Å²) in [6.45, 7) is 8.89. The lowest BCUT2D eigenvalue weighted by Gasteiger charge is -2.34. The molecule has 2 atom stereocenters. The number of likely N-dealkylation sites (N-methyl/N-ethyl adjacent to an activating group) is 2. The molecule has 4 aromatic carbocycles. The van der Waals surface area contributed by atoms with Crippen molar-refractivity contribution in [2.45, 2.75) is 50.9 Å². The van der Waals surface area contributed by atoms with Gasteiger partial charge in [0.15, 0.2) is 0 Å². The molecule has 4 heterocycles. The molecule has 0 aliphatic carbocycles. The van der Waals surface area contributed by atoms with E-state index < -0.39 is 0 Å². The fraction of sp³-hybridized carbons (Fsp3) is 0.481. The number of nitrogens with zero attached hydrogens (tertiary/aromatic N) is 4. The Morgan fingerprint density at radius 3 is 1.26 bits per heavy atom. The average Bonchev–Trinajstić information content (AvgIpc) is 3.85. The summed E-state index contributed by atoms with van der Waals surface area (Å²) in [5.41, 5.74) is 8.94. The Balaban J connectivity index is 0.591. The van der Waals surface area contributed by atoms with Gasteiger partial charge in [-0.05, 0) is 120 Å². The minimum atomic E-state index is -0.300. The number of nitrogens with one attached hydrogen (secondary N) is 4. The maximum Gasteiger partial charge on any atom is 0.314 e. The summed E-state index contributed by atoms with van der Waals surface area (Å²) in [6.07, 6.45) is 1.36. The summed E-state index contributed by atoms with van der Waals surface area (Å²) in [4.78, 5) is 59.1. The van der Waals surface area contributed by atoms with Crippen LogP contribution in [0.1, 0.15) is 89.9 Å². The Kier molecular flexibility index (Phi) is 21.1. The molecule has 0 radical (unpaired) electrons. The van der Waals surface area contributed by atoms with E-state index in [1.807, 2.05) is 50.5 Å². The highest BCUT2D eigenvalue weighted by atomic mass is 35.5. The van der Waals surface area contributed by atoms with E-state index in [0.29, 0.717) is 172 Å². The van der Waals surface area contributed by atoms with Crippen LogP contribution >= 0.6 is 69.6 Å². The van der Waals surface area contributed by atoms with Crippen LogP contribution in [0.3, 0.4) is 0 Å². The highest BCUT2D eigenvalue weighted by molar-refractivity contribution is 6.36. The van der Waals surface area contributed by atoms with Crippen LogP contribution in [0.4, 0.5) is 9.59 Å². The largest absolute Gasteiger partial charge is 0.377 e. The quantitative estimate of drug-likeness (QED) is 0.0472. The molecule has 0 saturated heterocycles. The van der Waals surface area contributed by atoms with Gasteiger partial charge < -0.3 is 59.8 Å². The van der Waals surface area contributed by atoms with E-state index in [-0.39, 0.29) is 35.7 Å². The van der Waals surface area contributed by atoms with E-state index in [1.54, 1.807) is 21.9 Å². The van der Waals surface area contributed by atoms with Gasteiger partial charge in [-0.2, -0.15) is 0 Å². The maximum absolute atomic E-state index is 13.4. The molecule has 76 heavy (non-hydrogen) atoms. The Bertz CT molecular complexity index is 2570. The molecule has 410 valence electrons. The second kappa shape index (κ2) is 27.6.